The average molecular weight is 138 g/mol. The summed E-state index contributed by atoms with van der Waals surface area (Å²) in [4.78, 5) is 0. The summed E-state index contributed by atoms with van der Waals surface area (Å²) >= 11 is 3.42. The molecule has 4 nitrogen and oxygen atoms in total. The number of hydrogen-bond donors (Lipinski definition) is 4. The van der Waals surface area contributed by atoms with E-state index in [1.165, 1.54) is 0 Å². The first-order valence-electron chi connectivity index (χ1n) is 2.00. The second kappa shape index (κ2) is 1.37. The van der Waals surface area contributed by atoms with E-state index < -0.39 is 17.5 Å². The highest BCUT2D eigenvalue weighted by atomic mass is 32.1. The zero-order valence-corrected chi connectivity index (χ0v) is 4.80. The van der Waals surface area contributed by atoms with E-state index in [0.29, 0.717) is 0 Å². The maximum Gasteiger partial charge on any atom is 0.274 e. The molecule has 0 aromatic rings. The van der Waals surface area contributed by atoms with Gasteiger partial charge in [0.1, 0.15) is 6.61 Å². The van der Waals surface area contributed by atoms with E-state index in [1.54, 1.807) is 0 Å². The van der Waals surface area contributed by atoms with Gasteiger partial charge in [0.25, 0.3) is 10.9 Å². The Morgan fingerprint density at radius 1 is 1.50 bits per heavy atom. The Kier molecular flexibility index (Phi) is 1.08. The Hall–Kier alpha value is 0.190. The first-order valence-corrected chi connectivity index (χ1v) is 2.45. The SMILES string of the molecule is OCC1(O)OC1(O)S. The standard InChI is InChI=1S/C3H6O4S/c4-1-2(5)3(6,8)7-2/h4-6,8H,1H2. The van der Waals surface area contributed by atoms with Crippen LogP contribution in [0.3, 0.4) is 0 Å². The molecular formula is C3H6O4S. The third-order valence-electron chi connectivity index (χ3n) is 0.993. The first-order chi connectivity index (χ1) is 3.52. The Morgan fingerprint density at radius 2 is 1.88 bits per heavy atom. The van der Waals surface area contributed by atoms with Crippen LogP contribution < -0.4 is 0 Å². The molecule has 48 valence electrons. The van der Waals surface area contributed by atoms with Crippen LogP contribution in [0.4, 0.5) is 0 Å². The molecule has 1 rings (SSSR count). The molecule has 1 saturated heterocycles. The molecule has 0 aromatic heterocycles. The van der Waals surface area contributed by atoms with Gasteiger partial charge in [0.15, 0.2) is 0 Å². The fourth-order valence-corrected chi connectivity index (χ4v) is 0.567. The Morgan fingerprint density at radius 3 is 1.88 bits per heavy atom. The minimum Gasteiger partial charge on any atom is -0.390 e. The summed E-state index contributed by atoms with van der Waals surface area (Å²) in [6.45, 7) is -0.646. The summed E-state index contributed by atoms with van der Waals surface area (Å²) in [5.41, 5.74) is 0. The molecule has 2 atom stereocenters. The van der Waals surface area contributed by atoms with E-state index in [9.17, 15) is 0 Å². The summed E-state index contributed by atoms with van der Waals surface area (Å²) in [6, 6.07) is 0. The number of rotatable bonds is 1. The molecule has 0 radical (unpaired) electrons. The van der Waals surface area contributed by atoms with Gasteiger partial charge >= 0.3 is 0 Å². The van der Waals surface area contributed by atoms with E-state index in [1.807, 2.05) is 0 Å². The van der Waals surface area contributed by atoms with Crippen molar-refractivity contribution in [1.29, 1.82) is 0 Å². The molecule has 0 aliphatic carbocycles. The molecule has 1 aliphatic rings. The molecule has 5 heteroatoms. The second-order valence-electron chi connectivity index (χ2n) is 1.65. The van der Waals surface area contributed by atoms with Crippen LogP contribution in [0.25, 0.3) is 0 Å². The van der Waals surface area contributed by atoms with Crippen molar-refractivity contribution >= 4 is 12.6 Å². The molecule has 1 heterocycles. The summed E-state index contributed by atoms with van der Waals surface area (Å²) in [7, 11) is 0. The lowest BCUT2D eigenvalue weighted by Gasteiger charge is -1.97. The minimum atomic E-state index is -1.85. The second-order valence-corrected chi connectivity index (χ2v) is 2.26. The van der Waals surface area contributed by atoms with Gasteiger partial charge in [0.05, 0.1) is 0 Å². The van der Waals surface area contributed by atoms with Gasteiger partial charge in [-0.3, -0.25) is 4.74 Å². The van der Waals surface area contributed by atoms with Crippen LogP contribution in [0.2, 0.25) is 0 Å². The van der Waals surface area contributed by atoms with E-state index in [4.69, 9.17) is 15.3 Å². The quantitative estimate of drug-likeness (QED) is 0.197. The zero-order chi connectivity index (χ0) is 6.41. The fraction of sp³-hybridized carbons (Fsp3) is 1.00. The maximum absolute atomic E-state index is 8.67. The van der Waals surface area contributed by atoms with E-state index in [0.717, 1.165) is 0 Å². The molecular weight excluding hydrogens is 132 g/mol. The molecule has 0 saturated carbocycles. The normalized spacial score (nSPS) is 54.0. The van der Waals surface area contributed by atoms with Crippen molar-refractivity contribution in [3.05, 3.63) is 0 Å². The number of aliphatic hydroxyl groups excluding tert-OH is 1. The molecule has 2 unspecified atom stereocenters. The number of epoxide rings is 1. The topological polar surface area (TPSA) is 73.2 Å². The van der Waals surface area contributed by atoms with Gasteiger partial charge < -0.3 is 15.3 Å². The number of ether oxygens (including phenoxy) is 1. The molecule has 0 spiro atoms. The van der Waals surface area contributed by atoms with Crippen LogP contribution in [0.1, 0.15) is 0 Å². The van der Waals surface area contributed by atoms with E-state index >= 15 is 0 Å². The van der Waals surface area contributed by atoms with Crippen molar-refractivity contribution in [2.75, 3.05) is 6.61 Å². The number of thiol groups is 1. The van der Waals surface area contributed by atoms with Crippen LogP contribution in [-0.2, 0) is 4.74 Å². The number of hydrogen-bond acceptors (Lipinski definition) is 5. The Bertz CT molecular complexity index is 114. The predicted octanol–water partition coefficient (Wildman–Crippen LogP) is -1.73. The smallest absolute Gasteiger partial charge is 0.274 e. The fourth-order valence-electron chi connectivity index (χ4n) is 0.345. The third kappa shape index (κ3) is 0.636. The van der Waals surface area contributed by atoms with Gasteiger partial charge in [-0.2, -0.15) is 0 Å². The van der Waals surface area contributed by atoms with Crippen LogP contribution in [0.15, 0.2) is 0 Å². The van der Waals surface area contributed by atoms with Gasteiger partial charge in [-0.05, 0) is 0 Å². The van der Waals surface area contributed by atoms with Crippen molar-refractivity contribution in [2.45, 2.75) is 10.9 Å². The molecule has 0 aromatic carbocycles. The highest BCUT2D eigenvalue weighted by Crippen LogP contribution is 2.45. The molecule has 0 bridgehead atoms. The van der Waals surface area contributed by atoms with Gasteiger partial charge in [-0.15, -0.1) is 12.6 Å². The Balaban J connectivity index is 2.55. The molecule has 3 N–H and O–H groups in total. The van der Waals surface area contributed by atoms with E-state index in [2.05, 4.69) is 17.4 Å². The Labute approximate surface area is 51.1 Å². The number of aliphatic hydroxyl groups is 3. The molecule has 8 heavy (non-hydrogen) atoms. The monoisotopic (exact) mass is 138 g/mol. The van der Waals surface area contributed by atoms with E-state index in [-0.39, 0.29) is 0 Å². The van der Waals surface area contributed by atoms with Crippen LogP contribution >= 0.6 is 12.6 Å². The lowest BCUT2D eigenvalue weighted by molar-refractivity contribution is -0.0158. The zero-order valence-electron chi connectivity index (χ0n) is 3.90. The minimum absolute atomic E-state index is 0.646. The summed E-state index contributed by atoms with van der Waals surface area (Å²) in [5, 5.41) is 23.6. The molecule has 1 fully saturated rings. The summed E-state index contributed by atoms with van der Waals surface area (Å²) in [5.74, 6) is -1.84. The van der Waals surface area contributed by atoms with Crippen molar-refractivity contribution in [2.24, 2.45) is 0 Å². The largest absolute Gasteiger partial charge is 0.390 e. The molecule has 0 amide bonds. The lowest BCUT2D eigenvalue weighted by atomic mass is 10.4. The van der Waals surface area contributed by atoms with Gasteiger partial charge in [-0.1, -0.05) is 0 Å². The maximum atomic E-state index is 8.67. The highest BCUT2D eigenvalue weighted by molar-refractivity contribution is 7.81. The van der Waals surface area contributed by atoms with Crippen molar-refractivity contribution in [3.8, 4) is 0 Å². The highest BCUT2D eigenvalue weighted by Gasteiger charge is 2.68. The van der Waals surface area contributed by atoms with Crippen molar-refractivity contribution in [1.82, 2.24) is 0 Å². The van der Waals surface area contributed by atoms with Crippen LogP contribution in [0, 0.1) is 0 Å². The lowest BCUT2D eigenvalue weighted by Crippen LogP contribution is -2.24. The van der Waals surface area contributed by atoms with Crippen LogP contribution in [0.5, 0.6) is 0 Å². The van der Waals surface area contributed by atoms with Gasteiger partial charge in [-0.25, -0.2) is 0 Å². The average Bonchev–Trinajstić information content (AvgIpc) is 2.10. The van der Waals surface area contributed by atoms with Crippen molar-refractivity contribution in [3.63, 3.8) is 0 Å². The summed E-state index contributed by atoms with van der Waals surface area (Å²) < 4.78 is 4.17. The third-order valence-corrected chi connectivity index (χ3v) is 1.43. The van der Waals surface area contributed by atoms with Gasteiger partial charge in [0, 0.05) is 0 Å². The van der Waals surface area contributed by atoms with Crippen LogP contribution in [-0.4, -0.2) is 32.8 Å². The summed E-state index contributed by atoms with van der Waals surface area (Å²) in [6.07, 6.45) is 0. The van der Waals surface area contributed by atoms with Crippen molar-refractivity contribution < 1.29 is 20.1 Å². The first kappa shape index (κ1) is 6.31. The van der Waals surface area contributed by atoms with Gasteiger partial charge in [0.2, 0.25) is 0 Å². The molecule has 1 aliphatic heterocycles. The predicted molar refractivity (Wildman–Crippen MR) is 27.1 cm³/mol.